The second kappa shape index (κ2) is 30.2. The Hall–Kier alpha value is -10.7. The van der Waals surface area contributed by atoms with Gasteiger partial charge in [-0.05, 0) is 134 Å². The van der Waals surface area contributed by atoms with Gasteiger partial charge < -0.3 is 70.6 Å². The van der Waals surface area contributed by atoms with Crippen LogP contribution in [0.25, 0.3) is 10.8 Å². The number of nitrogens with zero attached hydrogens (tertiary/aromatic N) is 8. The third-order valence-corrected chi connectivity index (χ3v) is 15.1. The van der Waals surface area contributed by atoms with E-state index in [4.69, 9.17) is 0 Å². The number of nitro benzene ring substituents is 1. The first-order valence-corrected chi connectivity index (χ1v) is 29.9. The van der Waals surface area contributed by atoms with Gasteiger partial charge in [0.25, 0.3) is 52.9 Å². The summed E-state index contributed by atoms with van der Waals surface area (Å²) in [5.41, 5.74) is 1.94. The molecule has 0 saturated heterocycles. The molecule has 8 rings (SSSR count). The van der Waals surface area contributed by atoms with Crippen molar-refractivity contribution in [1.82, 2.24) is 49.3 Å². The number of nitrogens with one attached hydrogen (secondary N) is 8. The van der Waals surface area contributed by atoms with Crippen molar-refractivity contribution in [3.8, 4) is 0 Å². The summed E-state index contributed by atoms with van der Waals surface area (Å²) in [5, 5.41) is 35.0. The van der Waals surface area contributed by atoms with Gasteiger partial charge in [-0.15, -0.1) is 0 Å². The molecule has 0 aliphatic carbocycles. The lowest BCUT2D eigenvalue weighted by Crippen LogP contribution is -2.41. The largest absolute Gasteiger partial charge is 0.352 e. The first-order valence-electron chi connectivity index (χ1n) is 29.9. The van der Waals surface area contributed by atoms with Crippen molar-refractivity contribution in [3.05, 3.63) is 153 Å². The lowest BCUT2D eigenvalue weighted by Gasteiger charge is -2.27. The Kier molecular flexibility index (Phi) is 22.0. The van der Waals surface area contributed by atoms with Gasteiger partial charge in [-0.3, -0.25) is 58.1 Å². The average molecular weight is 1260 g/mol. The van der Waals surface area contributed by atoms with E-state index in [2.05, 4.69) is 42.5 Å². The summed E-state index contributed by atoms with van der Waals surface area (Å²) in [7, 11) is 14.5. The molecule has 28 heteroatoms. The standard InChI is InChI=1S/C64H76N16O12/c1-73(2)24-14-22-67-59(85)50-32-44(37-75(50)5)71-61(87)52-30-42(35-77(52)7)69-54(81)18-9-11-20-65-57(83)40-26-41(29-46(28-40)79-63(89)48-17-13-16-39-27-47(80(91)92)34-49(56(39)48)64(79)90)58(84)66-21-12-10-19-55(82)70-43-31-53(78(8)36-43)62(88)72-45-33-51(76(6)38-45)60(86)68-23-15-25-74(3)4/h13,16-17,26-38H,9-12,14-15,18-25H2,1-8H3,(H,65,83)(H,66,84)(H,67,85)(H,68,86)(H,69,81)(H,70,82)(H,71,87)(H,72,88). The normalized spacial score (nSPS) is 11.9. The van der Waals surface area contributed by atoms with Crippen LogP contribution >= 0.6 is 0 Å². The van der Waals surface area contributed by atoms with E-state index < -0.39 is 40.4 Å². The molecular formula is C64H76N16O12. The lowest BCUT2D eigenvalue weighted by atomic mass is 9.92. The van der Waals surface area contributed by atoms with Gasteiger partial charge in [0.15, 0.2) is 0 Å². The van der Waals surface area contributed by atoms with Crippen LogP contribution in [0.5, 0.6) is 0 Å². The summed E-state index contributed by atoms with van der Waals surface area (Å²) >= 11 is 0. The van der Waals surface area contributed by atoms with Gasteiger partial charge in [-0.2, -0.15) is 0 Å². The molecule has 484 valence electrons. The maximum Gasteiger partial charge on any atom is 0.272 e. The van der Waals surface area contributed by atoms with Crippen molar-refractivity contribution in [2.45, 2.75) is 51.4 Å². The van der Waals surface area contributed by atoms with E-state index in [9.17, 15) is 58.1 Å². The average Bonchev–Trinajstić information content (AvgIpc) is 0.881. The van der Waals surface area contributed by atoms with Gasteiger partial charge in [-0.25, -0.2) is 4.90 Å². The number of hydrogen-bond donors (Lipinski definition) is 8. The minimum Gasteiger partial charge on any atom is -0.352 e. The number of amides is 10. The molecule has 10 amide bonds. The van der Waals surface area contributed by atoms with Gasteiger partial charge in [-0.1, -0.05) is 12.1 Å². The van der Waals surface area contributed by atoms with Gasteiger partial charge >= 0.3 is 0 Å². The smallest absolute Gasteiger partial charge is 0.272 e. The molecule has 0 fully saturated rings. The molecule has 0 bridgehead atoms. The highest BCUT2D eigenvalue weighted by atomic mass is 16.6. The number of anilines is 5. The number of hydrogen-bond acceptors (Lipinski definition) is 14. The van der Waals surface area contributed by atoms with Crippen LogP contribution in [0.4, 0.5) is 34.1 Å². The van der Waals surface area contributed by atoms with E-state index in [1.54, 1.807) is 89.4 Å². The quantitative estimate of drug-likeness (QED) is 0.0113. The highest BCUT2D eigenvalue weighted by molar-refractivity contribution is 6.36. The van der Waals surface area contributed by atoms with Crippen molar-refractivity contribution in [2.24, 2.45) is 28.2 Å². The minimum atomic E-state index is -0.919. The summed E-state index contributed by atoms with van der Waals surface area (Å²) < 4.78 is 6.34. The molecule has 28 nitrogen and oxygen atoms in total. The third kappa shape index (κ3) is 16.9. The third-order valence-electron chi connectivity index (χ3n) is 15.1. The van der Waals surface area contributed by atoms with Gasteiger partial charge in [0.2, 0.25) is 11.8 Å². The monoisotopic (exact) mass is 1260 g/mol. The molecule has 1 aliphatic rings. The highest BCUT2D eigenvalue weighted by Crippen LogP contribution is 2.36. The SMILES string of the molecule is CN(C)CCCNC(=O)c1cc(NC(=O)c2cc(NC(=O)CCCCNC(=O)c3cc(C(=O)NCCCCC(=O)Nc4cc(C(=O)Nc5cc(C(=O)NCCCN(C)C)n(C)c5)n(C)c4)cc(N4C(=O)c5cccc6cc([N+](=O)[O-])cc(c56)C4=O)c3)cn2C)cn1C. The lowest BCUT2D eigenvalue weighted by molar-refractivity contribution is -0.384. The molecule has 1 aliphatic heterocycles. The zero-order valence-electron chi connectivity index (χ0n) is 52.6. The zero-order valence-corrected chi connectivity index (χ0v) is 52.6. The Morgan fingerprint density at radius 2 is 0.848 bits per heavy atom. The van der Waals surface area contributed by atoms with Crippen LogP contribution in [0.15, 0.2) is 97.6 Å². The number of imide groups is 1. The van der Waals surface area contributed by atoms with Crippen LogP contribution in [-0.4, -0.2) is 160 Å². The van der Waals surface area contributed by atoms with Crippen molar-refractivity contribution >= 4 is 104 Å². The predicted octanol–water partition coefficient (Wildman–Crippen LogP) is 5.85. The fourth-order valence-corrected chi connectivity index (χ4v) is 10.5. The number of aromatic nitrogens is 4. The van der Waals surface area contributed by atoms with Crippen LogP contribution < -0.4 is 47.4 Å². The fourth-order valence-electron chi connectivity index (χ4n) is 10.5. The van der Waals surface area contributed by atoms with E-state index in [1.807, 2.05) is 38.0 Å². The number of nitro groups is 1. The van der Waals surface area contributed by atoms with Gasteiger partial charge in [0, 0.05) is 126 Å². The van der Waals surface area contributed by atoms with Crippen LogP contribution in [-0.2, 0) is 37.8 Å². The highest BCUT2D eigenvalue weighted by Gasteiger charge is 2.36. The van der Waals surface area contributed by atoms with Crippen LogP contribution in [0.1, 0.15) is 135 Å². The first kappa shape index (κ1) is 67.2. The molecule has 0 atom stereocenters. The van der Waals surface area contributed by atoms with E-state index in [-0.39, 0.29) is 100.0 Å². The number of benzene rings is 3. The molecule has 3 aromatic carbocycles. The van der Waals surface area contributed by atoms with Crippen molar-refractivity contribution < 1.29 is 52.9 Å². The Morgan fingerprint density at radius 1 is 0.457 bits per heavy atom. The summed E-state index contributed by atoms with van der Waals surface area (Å²) in [6.07, 6.45) is 9.33. The van der Waals surface area contributed by atoms with E-state index >= 15 is 0 Å². The molecule has 0 unspecified atom stereocenters. The Bertz CT molecular complexity index is 3830. The Balaban J connectivity index is 0.849. The van der Waals surface area contributed by atoms with Crippen LogP contribution in [0, 0.1) is 10.1 Å². The van der Waals surface area contributed by atoms with Crippen molar-refractivity contribution in [2.75, 3.05) is 93.6 Å². The van der Waals surface area contributed by atoms with Gasteiger partial charge in [0.05, 0.1) is 38.9 Å². The van der Waals surface area contributed by atoms with Crippen molar-refractivity contribution in [1.29, 1.82) is 0 Å². The maximum atomic E-state index is 14.3. The van der Waals surface area contributed by atoms with E-state index in [1.165, 1.54) is 48.5 Å². The summed E-state index contributed by atoms with van der Waals surface area (Å²) in [6.45, 7) is 2.75. The van der Waals surface area contributed by atoms with Crippen LogP contribution in [0.3, 0.4) is 0 Å². The Labute approximate surface area is 530 Å². The topological polar surface area (TPSA) is 340 Å². The summed E-state index contributed by atoms with van der Waals surface area (Å²) in [5.74, 6) is -5.28. The summed E-state index contributed by atoms with van der Waals surface area (Å²) in [4.78, 5) is 151. The molecule has 92 heavy (non-hydrogen) atoms. The first-order chi connectivity index (χ1) is 43.8. The number of carbonyl (C=O) groups excluding carboxylic acids is 10. The molecule has 0 radical (unpaired) electrons. The minimum absolute atomic E-state index is 0.0413. The number of unbranched alkanes of at least 4 members (excludes halogenated alkanes) is 2. The fraction of sp³-hybridized carbons (Fsp3) is 0.344. The number of non-ortho nitro benzene ring substituents is 1. The molecule has 5 heterocycles. The molecule has 0 saturated carbocycles. The Morgan fingerprint density at radius 3 is 1.27 bits per heavy atom. The predicted molar refractivity (Wildman–Crippen MR) is 346 cm³/mol. The summed E-state index contributed by atoms with van der Waals surface area (Å²) in [6, 6.07) is 16.9. The number of rotatable bonds is 30. The van der Waals surface area contributed by atoms with Gasteiger partial charge in [0.1, 0.15) is 22.8 Å². The second-order valence-electron chi connectivity index (χ2n) is 23.0. The van der Waals surface area contributed by atoms with Crippen molar-refractivity contribution in [3.63, 3.8) is 0 Å². The maximum absolute atomic E-state index is 14.3. The molecule has 4 aromatic heterocycles. The van der Waals surface area contributed by atoms with Crippen LogP contribution in [0.2, 0.25) is 0 Å². The second-order valence-corrected chi connectivity index (χ2v) is 23.0. The molecule has 7 aromatic rings. The zero-order chi connectivity index (χ0) is 66.5. The number of carbonyl (C=O) groups is 10. The molecular weight excluding hydrogens is 1180 g/mol. The molecule has 8 N–H and O–H groups in total. The van der Waals surface area contributed by atoms with E-state index in [0.717, 1.165) is 36.9 Å². The number of aryl methyl sites for hydroxylation is 4. The molecule has 0 spiro atoms. The van der Waals surface area contributed by atoms with E-state index in [0.29, 0.717) is 78.3 Å².